The van der Waals surface area contributed by atoms with E-state index in [-0.39, 0.29) is 11.9 Å². The summed E-state index contributed by atoms with van der Waals surface area (Å²) in [5.74, 6) is -0.462. The van der Waals surface area contributed by atoms with E-state index >= 15 is 0 Å². The monoisotopic (exact) mass is 360 g/mol. The predicted octanol–water partition coefficient (Wildman–Crippen LogP) is 3.09. The zero-order valence-electron chi connectivity index (χ0n) is 16.0. The van der Waals surface area contributed by atoms with Crippen molar-refractivity contribution in [3.8, 4) is 0 Å². The van der Waals surface area contributed by atoms with Gasteiger partial charge in [-0.05, 0) is 57.2 Å². The van der Waals surface area contributed by atoms with Crippen LogP contribution in [0.3, 0.4) is 0 Å². The average molecular weight is 360 g/mol. The second-order valence-electron chi connectivity index (χ2n) is 7.39. The minimum atomic E-state index is -0.944. The van der Waals surface area contributed by atoms with Crippen LogP contribution in [0.2, 0.25) is 0 Å². The van der Waals surface area contributed by atoms with Gasteiger partial charge in [-0.1, -0.05) is 50.1 Å². The van der Waals surface area contributed by atoms with Crippen LogP contribution in [0.5, 0.6) is 0 Å². The number of hydrogen-bond acceptors (Lipinski definition) is 3. The Hall–Kier alpha value is -1.88. The SMILES string of the molecule is CCCC[C@H](NC(=O)C(C)N1CCC(Cc2ccccc2)CC1)C(=O)O. The third-order valence-corrected chi connectivity index (χ3v) is 5.40. The molecule has 0 aliphatic carbocycles. The molecule has 1 saturated heterocycles. The Kier molecular flexibility index (Phi) is 8.10. The van der Waals surface area contributed by atoms with Crippen molar-refractivity contribution in [3.63, 3.8) is 0 Å². The highest BCUT2D eigenvalue weighted by molar-refractivity contribution is 5.86. The van der Waals surface area contributed by atoms with Crippen molar-refractivity contribution in [2.24, 2.45) is 5.92 Å². The van der Waals surface area contributed by atoms with Crippen LogP contribution in [0.4, 0.5) is 0 Å². The maximum Gasteiger partial charge on any atom is 0.326 e. The molecule has 1 aliphatic heterocycles. The molecule has 26 heavy (non-hydrogen) atoms. The van der Waals surface area contributed by atoms with Crippen molar-refractivity contribution >= 4 is 11.9 Å². The molecular formula is C21H32N2O3. The van der Waals surface area contributed by atoms with Crippen LogP contribution in [0, 0.1) is 5.92 Å². The van der Waals surface area contributed by atoms with Crippen LogP contribution >= 0.6 is 0 Å². The summed E-state index contributed by atoms with van der Waals surface area (Å²) >= 11 is 0. The van der Waals surface area contributed by atoms with E-state index in [4.69, 9.17) is 0 Å². The van der Waals surface area contributed by atoms with Gasteiger partial charge in [-0.25, -0.2) is 4.79 Å². The molecule has 2 N–H and O–H groups in total. The summed E-state index contributed by atoms with van der Waals surface area (Å²) in [5, 5.41) is 12.0. The number of hydrogen-bond donors (Lipinski definition) is 2. The first-order valence-corrected chi connectivity index (χ1v) is 9.82. The lowest BCUT2D eigenvalue weighted by atomic mass is 9.89. The molecule has 1 heterocycles. The van der Waals surface area contributed by atoms with E-state index in [0.29, 0.717) is 12.3 Å². The van der Waals surface area contributed by atoms with Crippen LogP contribution in [-0.2, 0) is 16.0 Å². The van der Waals surface area contributed by atoms with E-state index in [2.05, 4.69) is 34.5 Å². The fourth-order valence-corrected chi connectivity index (χ4v) is 3.62. The lowest BCUT2D eigenvalue weighted by molar-refractivity contribution is -0.143. The number of rotatable bonds is 9. The van der Waals surface area contributed by atoms with Crippen LogP contribution in [0.25, 0.3) is 0 Å². The fraction of sp³-hybridized carbons (Fsp3) is 0.619. The Morgan fingerprint density at radius 3 is 2.46 bits per heavy atom. The van der Waals surface area contributed by atoms with Gasteiger partial charge in [0.15, 0.2) is 0 Å². The van der Waals surface area contributed by atoms with E-state index in [1.165, 1.54) is 5.56 Å². The molecule has 2 rings (SSSR count). The van der Waals surface area contributed by atoms with Crippen LogP contribution < -0.4 is 5.32 Å². The number of carboxylic acid groups (broad SMARTS) is 1. The molecule has 2 atom stereocenters. The van der Waals surface area contributed by atoms with Crippen molar-refractivity contribution < 1.29 is 14.7 Å². The number of carbonyl (C=O) groups is 2. The van der Waals surface area contributed by atoms with Crippen molar-refractivity contribution in [1.82, 2.24) is 10.2 Å². The highest BCUT2D eigenvalue weighted by atomic mass is 16.4. The predicted molar refractivity (Wildman–Crippen MR) is 103 cm³/mol. The van der Waals surface area contributed by atoms with Gasteiger partial charge in [-0.2, -0.15) is 0 Å². The van der Waals surface area contributed by atoms with Crippen LogP contribution in [-0.4, -0.2) is 47.1 Å². The summed E-state index contributed by atoms with van der Waals surface area (Å²) in [4.78, 5) is 26.0. The van der Waals surface area contributed by atoms with E-state index < -0.39 is 12.0 Å². The Balaban J connectivity index is 1.80. The molecule has 0 spiro atoms. The lowest BCUT2D eigenvalue weighted by Gasteiger charge is -2.35. The molecule has 1 unspecified atom stereocenters. The van der Waals surface area contributed by atoms with Gasteiger partial charge in [0.05, 0.1) is 6.04 Å². The molecule has 144 valence electrons. The molecule has 5 heteroatoms. The molecular weight excluding hydrogens is 328 g/mol. The molecule has 0 bridgehead atoms. The van der Waals surface area contributed by atoms with Crippen molar-refractivity contribution in [2.75, 3.05) is 13.1 Å². The van der Waals surface area contributed by atoms with E-state index in [0.717, 1.165) is 45.2 Å². The van der Waals surface area contributed by atoms with E-state index in [9.17, 15) is 14.7 Å². The van der Waals surface area contributed by atoms with Crippen molar-refractivity contribution in [2.45, 2.75) is 64.5 Å². The number of likely N-dealkylation sites (tertiary alicyclic amines) is 1. The first-order chi connectivity index (χ1) is 12.5. The number of benzene rings is 1. The third-order valence-electron chi connectivity index (χ3n) is 5.40. The van der Waals surface area contributed by atoms with Gasteiger partial charge in [-0.3, -0.25) is 9.69 Å². The number of unbranched alkanes of at least 4 members (excludes halogenated alkanes) is 1. The number of piperidine rings is 1. The van der Waals surface area contributed by atoms with Gasteiger partial charge in [0.2, 0.25) is 5.91 Å². The van der Waals surface area contributed by atoms with Crippen molar-refractivity contribution in [1.29, 1.82) is 0 Å². The summed E-state index contributed by atoms with van der Waals surface area (Å²) < 4.78 is 0. The van der Waals surface area contributed by atoms with Crippen molar-refractivity contribution in [3.05, 3.63) is 35.9 Å². The van der Waals surface area contributed by atoms with Gasteiger partial charge in [0, 0.05) is 0 Å². The van der Waals surface area contributed by atoms with E-state index in [1.54, 1.807) is 0 Å². The zero-order chi connectivity index (χ0) is 18.9. The Labute approximate surface area is 156 Å². The molecule has 0 saturated carbocycles. The average Bonchev–Trinajstić information content (AvgIpc) is 2.65. The first-order valence-electron chi connectivity index (χ1n) is 9.82. The second kappa shape index (κ2) is 10.3. The lowest BCUT2D eigenvalue weighted by Crippen LogP contribution is -2.52. The summed E-state index contributed by atoms with van der Waals surface area (Å²) in [6, 6.07) is 9.48. The topological polar surface area (TPSA) is 69.6 Å². The highest BCUT2D eigenvalue weighted by Crippen LogP contribution is 2.23. The van der Waals surface area contributed by atoms with Crippen LogP contribution in [0.1, 0.15) is 51.5 Å². The van der Waals surface area contributed by atoms with Gasteiger partial charge < -0.3 is 10.4 Å². The quantitative estimate of drug-likeness (QED) is 0.710. The number of amides is 1. The number of nitrogens with zero attached hydrogens (tertiary/aromatic N) is 1. The van der Waals surface area contributed by atoms with Gasteiger partial charge in [0.25, 0.3) is 0 Å². The Morgan fingerprint density at radius 1 is 1.23 bits per heavy atom. The Bertz CT molecular complexity index is 568. The molecule has 0 radical (unpaired) electrons. The van der Waals surface area contributed by atoms with Gasteiger partial charge >= 0.3 is 5.97 Å². The van der Waals surface area contributed by atoms with Gasteiger partial charge in [0.1, 0.15) is 6.04 Å². The molecule has 1 aliphatic rings. The number of carboxylic acids is 1. The fourth-order valence-electron chi connectivity index (χ4n) is 3.62. The molecule has 0 aromatic heterocycles. The maximum atomic E-state index is 12.5. The molecule has 5 nitrogen and oxygen atoms in total. The van der Waals surface area contributed by atoms with E-state index in [1.807, 2.05) is 19.9 Å². The van der Waals surface area contributed by atoms with Crippen LogP contribution in [0.15, 0.2) is 30.3 Å². The minimum Gasteiger partial charge on any atom is -0.480 e. The zero-order valence-corrected chi connectivity index (χ0v) is 16.0. The molecule has 1 aromatic carbocycles. The summed E-state index contributed by atoms with van der Waals surface area (Å²) in [6.45, 7) is 5.67. The molecule has 1 fully saturated rings. The summed E-state index contributed by atoms with van der Waals surface area (Å²) in [7, 11) is 0. The number of aliphatic carboxylic acids is 1. The molecule has 1 amide bonds. The standard InChI is InChI=1S/C21H32N2O3/c1-3-4-10-19(21(25)26)22-20(24)16(2)23-13-11-18(12-14-23)15-17-8-6-5-7-9-17/h5-9,16,18-19H,3-4,10-15H2,1-2H3,(H,22,24)(H,25,26)/t16?,19-/m0/s1. The molecule has 1 aromatic rings. The highest BCUT2D eigenvalue weighted by Gasteiger charge is 2.29. The van der Waals surface area contributed by atoms with Gasteiger partial charge in [-0.15, -0.1) is 0 Å². The first kappa shape index (κ1) is 20.4. The third kappa shape index (κ3) is 6.13. The smallest absolute Gasteiger partial charge is 0.326 e. The second-order valence-corrected chi connectivity index (χ2v) is 7.39. The summed E-state index contributed by atoms with van der Waals surface area (Å²) in [5.41, 5.74) is 1.37. The number of nitrogens with one attached hydrogen (secondary N) is 1. The largest absolute Gasteiger partial charge is 0.480 e. The summed E-state index contributed by atoms with van der Waals surface area (Å²) in [6.07, 6.45) is 5.45. The Morgan fingerprint density at radius 2 is 1.88 bits per heavy atom. The number of carbonyl (C=O) groups excluding carboxylic acids is 1. The minimum absolute atomic E-state index is 0.171. The maximum absolute atomic E-state index is 12.5. The normalized spacial score (nSPS) is 18.2.